The van der Waals surface area contributed by atoms with Crippen molar-refractivity contribution in [1.29, 1.82) is 0 Å². The van der Waals surface area contributed by atoms with Crippen LogP contribution in [0.1, 0.15) is 142 Å². The molecule has 7 rings (SSSR count). The molecule has 0 spiro atoms. The molecule has 4 aromatic carbocycles. The zero-order valence-corrected chi connectivity index (χ0v) is 62.3. The summed E-state index contributed by atoms with van der Waals surface area (Å²) < 4.78 is 61.8. The molecule has 564 valence electrons. The standard InChI is InChI=1S/C47H54N2O9.C39H49NO8/c1-33(2)45(50)56-30-36(31-57-46(51)34(3)4)23-27-55-39-17-15-37(16-18-39)42-21-19-40(28-38(42)32-58-47(52)35(5)6)53-25-12-8-7-9-13-26-54-41-20-22-44(49-29-41)43-14-10-11-24-48-43;1-29(2)37(41)46-26-12-11-24-44-33-17-15-31(16-18-33)35-20-19-34(28-32(35)21-27-48-38(42)30(3)4)45-23-9-7-5-6-8-10-25-47-39(43)36-14-13-22-40-36/h10-11,14-22,24,28-29,36H,1,3,5,7-9,12-13,23,25-27,30-32H2,2,4,6H3;14-20,22,28H,1,3,5-13,21,23-27H2,2,4H3. The monoisotopic (exact) mass is 1450 g/mol. The highest BCUT2D eigenvalue weighted by Crippen LogP contribution is 2.33. The summed E-state index contributed by atoms with van der Waals surface area (Å²) in [5, 5.41) is 0. The van der Waals surface area contributed by atoms with Gasteiger partial charge in [-0.1, -0.05) is 120 Å². The van der Waals surface area contributed by atoms with Gasteiger partial charge in [0.15, 0.2) is 0 Å². The minimum Gasteiger partial charge on any atom is -0.494 e. The summed E-state index contributed by atoms with van der Waals surface area (Å²) in [5.74, 6) is 0.720. The van der Waals surface area contributed by atoms with Crippen LogP contribution < -0.4 is 23.7 Å². The first-order valence-electron chi connectivity index (χ1n) is 36.3. The molecule has 1 aliphatic rings. The molecule has 0 saturated heterocycles. The van der Waals surface area contributed by atoms with E-state index >= 15 is 0 Å². The number of esters is 6. The van der Waals surface area contributed by atoms with Crippen LogP contribution in [0, 0.1) is 5.92 Å². The molecule has 0 N–H and O–H groups in total. The molecule has 0 amide bonds. The Morgan fingerprint density at radius 1 is 0.396 bits per heavy atom. The molecular formula is C86H103N3O17. The van der Waals surface area contributed by atoms with E-state index in [1.807, 2.05) is 115 Å². The number of hydrogen-bond donors (Lipinski definition) is 0. The Morgan fingerprint density at radius 2 is 0.811 bits per heavy atom. The first kappa shape index (κ1) is 84.1. The normalized spacial score (nSPS) is 11.2. The first-order chi connectivity index (χ1) is 51.2. The maximum atomic E-state index is 12.3. The Morgan fingerprint density at radius 3 is 1.31 bits per heavy atom. The van der Waals surface area contributed by atoms with Gasteiger partial charge in [-0.05, 0) is 186 Å². The molecule has 0 unspecified atom stereocenters. The molecule has 0 radical (unpaired) electrons. The summed E-state index contributed by atoms with van der Waals surface area (Å²) in [6.45, 7) is 29.9. The summed E-state index contributed by atoms with van der Waals surface area (Å²) >= 11 is 0. The second kappa shape index (κ2) is 47.5. The van der Waals surface area contributed by atoms with Gasteiger partial charge in [0.25, 0.3) is 0 Å². The average Bonchev–Trinajstić information content (AvgIpc) is 0.858. The van der Waals surface area contributed by atoms with Crippen molar-refractivity contribution in [3.63, 3.8) is 0 Å². The van der Waals surface area contributed by atoms with E-state index in [0.717, 1.165) is 139 Å². The second-order valence-corrected chi connectivity index (χ2v) is 25.7. The minimum absolute atomic E-state index is 0.0512. The summed E-state index contributed by atoms with van der Waals surface area (Å²) in [7, 11) is 0. The third kappa shape index (κ3) is 32.0. The SMILES string of the molecule is C=C(C)C(=O)OCCCCOc1ccc(-c2ccc(OCCCCCCCCOC(=O)C3=CCC=N3)cc2CCOC(=O)C(=C)C)cc1.C=C(C)C(=O)OCc1cc(OCCCCCCCOc2ccc(-c3ccccn3)nc2)ccc1-c1ccc(OCCC(COC(=O)C(=C)C)COC(=O)C(=C)C)cc1. The van der Waals surface area contributed by atoms with Crippen molar-refractivity contribution in [2.24, 2.45) is 10.9 Å². The fourth-order valence-electron chi connectivity index (χ4n) is 10.3. The number of pyridine rings is 2. The van der Waals surface area contributed by atoms with Crippen molar-refractivity contribution in [1.82, 2.24) is 9.97 Å². The van der Waals surface area contributed by atoms with Crippen LogP contribution in [0.5, 0.6) is 28.7 Å². The van der Waals surface area contributed by atoms with Gasteiger partial charge in [0.2, 0.25) is 0 Å². The molecular weight excluding hydrogens is 1350 g/mol. The Labute approximate surface area is 624 Å². The summed E-state index contributed by atoms with van der Waals surface area (Å²) in [5.41, 5.74) is 9.33. The maximum Gasteiger partial charge on any atom is 0.356 e. The molecule has 6 aromatic rings. The smallest absolute Gasteiger partial charge is 0.356 e. The fraction of sp³-hybridized carbons (Fsp3) is 0.384. The number of aromatic nitrogens is 2. The Bertz CT molecular complexity index is 3890. The lowest BCUT2D eigenvalue weighted by Gasteiger charge is -2.18. The molecule has 2 aromatic heterocycles. The lowest BCUT2D eigenvalue weighted by Crippen LogP contribution is -2.23. The molecule has 20 heteroatoms. The summed E-state index contributed by atoms with van der Waals surface area (Å²) in [6.07, 6.45) is 21.2. The van der Waals surface area contributed by atoms with Gasteiger partial charge in [-0.3, -0.25) is 15.0 Å². The van der Waals surface area contributed by atoms with Crippen molar-refractivity contribution < 1.29 is 80.9 Å². The van der Waals surface area contributed by atoms with E-state index in [1.54, 1.807) is 59.3 Å². The molecule has 0 aliphatic carbocycles. The van der Waals surface area contributed by atoms with Crippen LogP contribution in [0.3, 0.4) is 0 Å². The predicted octanol–water partition coefficient (Wildman–Crippen LogP) is 17.4. The highest BCUT2D eigenvalue weighted by molar-refractivity contribution is 5.92. The van der Waals surface area contributed by atoms with Crippen molar-refractivity contribution >= 4 is 42.0 Å². The fourth-order valence-corrected chi connectivity index (χ4v) is 10.3. The Balaban J connectivity index is 0.000000338. The van der Waals surface area contributed by atoms with Crippen molar-refractivity contribution in [3.8, 4) is 62.4 Å². The first-order valence-corrected chi connectivity index (χ1v) is 36.3. The number of carbonyl (C=O) groups excluding carboxylic acids is 6. The predicted molar refractivity (Wildman–Crippen MR) is 410 cm³/mol. The number of aliphatic imine (C=N–C) groups is 1. The number of allylic oxidation sites excluding steroid dienone is 1. The Hall–Kier alpha value is -10.9. The van der Waals surface area contributed by atoms with Gasteiger partial charge in [0, 0.05) is 64.6 Å². The molecule has 0 saturated carbocycles. The second-order valence-electron chi connectivity index (χ2n) is 25.7. The molecule has 0 bridgehead atoms. The third-order valence-corrected chi connectivity index (χ3v) is 16.3. The third-order valence-electron chi connectivity index (χ3n) is 16.3. The van der Waals surface area contributed by atoms with Crippen LogP contribution in [0.15, 0.2) is 205 Å². The quantitative estimate of drug-likeness (QED) is 0.0149. The highest BCUT2D eigenvalue weighted by atomic mass is 16.6. The summed E-state index contributed by atoms with van der Waals surface area (Å²) in [4.78, 5) is 84.2. The highest BCUT2D eigenvalue weighted by Gasteiger charge is 2.19. The van der Waals surface area contributed by atoms with Gasteiger partial charge in [0.05, 0.1) is 83.7 Å². The van der Waals surface area contributed by atoms with Crippen LogP contribution in [0.25, 0.3) is 33.6 Å². The van der Waals surface area contributed by atoms with E-state index in [2.05, 4.69) is 47.9 Å². The van der Waals surface area contributed by atoms with E-state index in [4.69, 9.17) is 52.1 Å². The number of hydrogen-bond acceptors (Lipinski definition) is 20. The Kier molecular flexibility index (Phi) is 37.6. The number of nitrogens with zero attached hydrogens (tertiary/aromatic N) is 3. The van der Waals surface area contributed by atoms with E-state index in [0.29, 0.717) is 106 Å². The zero-order chi connectivity index (χ0) is 76.3. The maximum absolute atomic E-state index is 12.3. The van der Waals surface area contributed by atoms with Crippen molar-refractivity contribution in [2.45, 2.75) is 144 Å². The molecule has 0 atom stereocenters. The van der Waals surface area contributed by atoms with E-state index in [1.165, 1.54) is 0 Å². The minimum atomic E-state index is -0.510. The van der Waals surface area contributed by atoms with Gasteiger partial charge >= 0.3 is 35.8 Å². The lowest BCUT2D eigenvalue weighted by molar-refractivity contribution is -0.145. The van der Waals surface area contributed by atoms with Crippen LogP contribution >= 0.6 is 0 Å². The molecule has 3 heterocycles. The van der Waals surface area contributed by atoms with Crippen molar-refractivity contribution in [3.05, 3.63) is 211 Å². The van der Waals surface area contributed by atoms with Gasteiger partial charge in [-0.15, -0.1) is 0 Å². The molecule has 1 aliphatic heterocycles. The topological polar surface area (TPSA) is 242 Å². The number of unbranched alkanes of at least 4 members (excludes halogenated alkanes) is 10. The van der Waals surface area contributed by atoms with Crippen LogP contribution in [0.4, 0.5) is 0 Å². The van der Waals surface area contributed by atoms with Crippen LogP contribution in [0.2, 0.25) is 0 Å². The van der Waals surface area contributed by atoms with Gasteiger partial charge in [0.1, 0.15) is 41.1 Å². The largest absolute Gasteiger partial charge is 0.494 e. The molecule has 106 heavy (non-hydrogen) atoms. The van der Waals surface area contributed by atoms with Crippen molar-refractivity contribution in [2.75, 3.05) is 66.1 Å². The van der Waals surface area contributed by atoms with Gasteiger partial charge in [-0.2, -0.15) is 0 Å². The van der Waals surface area contributed by atoms with E-state index < -0.39 is 23.9 Å². The zero-order valence-electron chi connectivity index (χ0n) is 62.3. The average molecular weight is 1450 g/mol. The van der Waals surface area contributed by atoms with E-state index in [9.17, 15) is 28.8 Å². The van der Waals surface area contributed by atoms with Crippen LogP contribution in [-0.4, -0.2) is 118 Å². The van der Waals surface area contributed by atoms with E-state index in [-0.39, 0.29) is 55.4 Å². The van der Waals surface area contributed by atoms with Gasteiger partial charge in [-0.25, -0.2) is 28.8 Å². The van der Waals surface area contributed by atoms with Crippen LogP contribution in [-0.2, 0) is 70.2 Å². The summed E-state index contributed by atoms with van der Waals surface area (Å²) in [6, 6.07) is 36.8. The number of benzene rings is 4. The number of ether oxygens (including phenoxy) is 11. The lowest BCUT2D eigenvalue weighted by atomic mass is 9.97. The number of rotatable bonds is 48. The number of carbonyl (C=O) groups is 6. The molecule has 0 fully saturated rings. The molecule has 20 nitrogen and oxygen atoms in total. The van der Waals surface area contributed by atoms with Gasteiger partial charge < -0.3 is 52.1 Å².